The number of nitrogens with zero attached hydrogens (tertiary/aromatic N) is 1. The molecule has 0 spiro atoms. The van der Waals surface area contributed by atoms with E-state index in [9.17, 15) is 4.79 Å². The zero-order valence-electron chi connectivity index (χ0n) is 15.6. The quantitative estimate of drug-likeness (QED) is 0.470. The van der Waals surface area contributed by atoms with Crippen LogP contribution in [-0.2, 0) is 18.6 Å². The van der Waals surface area contributed by atoms with Gasteiger partial charge in [-0.2, -0.15) is 0 Å². The number of benzene rings is 1. The number of aromatic nitrogens is 1. The number of nitrogens with one attached hydrogen (secondary N) is 1. The summed E-state index contributed by atoms with van der Waals surface area (Å²) < 4.78 is 1.12. The van der Waals surface area contributed by atoms with E-state index in [0.29, 0.717) is 5.02 Å². The molecule has 0 bridgehead atoms. The molecular formula is C22H21ClN2OS2. The molecule has 0 fully saturated rings. The molecule has 1 amide bonds. The Bertz CT molecular complexity index is 1000. The lowest BCUT2D eigenvalue weighted by Gasteiger charge is -2.13. The maximum absolute atomic E-state index is 13.2. The Hall–Kier alpha value is -1.82. The number of carbonyl (C=O) groups excluding carboxylic acids is 1. The first-order valence-electron chi connectivity index (χ1n) is 9.35. The average molecular weight is 429 g/mol. The maximum atomic E-state index is 13.2. The largest absolute Gasteiger partial charge is 0.322 e. The van der Waals surface area contributed by atoms with E-state index in [4.69, 9.17) is 11.6 Å². The second-order valence-corrected chi connectivity index (χ2v) is 9.69. The molecule has 1 aliphatic carbocycles. The molecule has 2 heterocycles. The highest BCUT2D eigenvalue weighted by Crippen LogP contribution is 2.41. The summed E-state index contributed by atoms with van der Waals surface area (Å²) >= 11 is 9.66. The summed E-state index contributed by atoms with van der Waals surface area (Å²) in [4.78, 5) is 18.7. The molecule has 28 heavy (non-hydrogen) atoms. The van der Waals surface area contributed by atoms with Gasteiger partial charge in [-0.3, -0.25) is 9.78 Å². The van der Waals surface area contributed by atoms with E-state index in [1.54, 1.807) is 23.1 Å². The van der Waals surface area contributed by atoms with Crippen LogP contribution in [-0.4, -0.2) is 10.9 Å². The van der Waals surface area contributed by atoms with Crippen molar-refractivity contribution in [1.29, 1.82) is 0 Å². The maximum Gasteiger partial charge on any atom is 0.257 e. The number of pyridine rings is 1. The van der Waals surface area contributed by atoms with Gasteiger partial charge >= 0.3 is 0 Å². The predicted molar refractivity (Wildman–Crippen MR) is 119 cm³/mol. The SMILES string of the molecule is Cc1cc(NC(=O)c2c(SCc3ccncc3)sc3c2CCCC3)ccc1Cl. The lowest BCUT2D eigenvalue weighted by Crippen LogP contribution is -2.15. The van der Waals surface area contributed by atoms with Crippen molar-refractivity contribution in [3.63, 3.8) is 0 Å². The molecule has 3 aromatic rings. The van der Waals surface area contributed by atoms with Gasteiger partial charge in [0.15, 0.2) is 0 Å². The highest BCUT2D eigenvalue weighted by Gasteiger charge is 2.25. The number of halogens is 1. The first-order chi connectivity index (χ1) is 13.6. The highest BCUT2D eigenvalue weighted by atomic mass is 35.5. The Morgan fingerprint density at radius 2 is 2.00 bits per heavy atom. The molecule has 6 heteroatoms. The van der Waals surface area contributed by atoms with Gasteiger partial charge in [0, 0.05) is 33.7 Å². The van der Waals surface area contributed by atoms with Crippen LogP contribution in [0.3, 0.4) is 0 Å². The molecule has 0 unspecified atom stereocenters. The summed E-state index contributed by atoms with van der Waals surface area (Å²) in [6.07, 6.45) is 8.05. The van der Waals surface area contributed by atoms with E-state index in [1.807, 2.05) is 49.6 Å². The van der Waals surface area contributed by atoms with Gasteiger partial charge in [0.2, 0.25) is 0 Å². The highest BCUT2D eigenvalue weighted by molar-refractivity contribution is 8.00. The fraction of sp³-hybridized carbons (Fsp3) is 0.273. The van der Waals surface area contributed by atoms with Crippen LogP contribution in [0.4, 0.5) is 5.69 Å². The zero-order chi connectivity index (χ0) is 19.5. The topological polar surface area (TPSA) is 42.0 Å². The van der Waals surface area contributed by atoms with E-state index in [0.717, 1.165) is 46.0 Å². The molecule has 0 atom stereocenters. The number of anilines is 1. The minimum absolute atomic E-state index is 0.0154. The van der Waals surface area contributed by atoms with Crippen LogP contribution in [0.1, 0.15) is 44.8 Å². The molecule has 0 aliphatic heterocycles. The Morgan fingerprint density at radius 3 is 2.79 bits per heavy atom. The summed E-state index contributed by atoms with van der Waals surface area (Å²) in [6.45, 7) is 1.94. The van der Waals surface area contributed by atoms with Crippen molar-refractivity contribution in [1.82, 2.24) is 4.98 Å². The number of carbonyl (C=O) groups is 1. The van der Waals surface area contributed by atoms with E-state index in [2.05, 4.69) is 10.3 Å². The number of thioether (sulfide) groups is 1. The fourth-order valence-electron chi connectivity index (χ4n) is 3.42. The molecule has 0 radical (unpaired) electrons. The van der Waals surface area contributed by atoms with Crippen LogP contribution in [0.15, 0.2) is 46.9 Å². The van der Waals surface area contributed by atoms with Gasteiger partial charge in [-0.05, 0) is 79.6 Å². The Labute approximate surface area is 178 Å². The van der Waals surface area contributed by atoms with Gasteiger partial charge < -0.3 is 5.32 Å². The number of rotatable bonds is 5. The number of amides is 1. The van der Waals surface area contributed by atoms with Gasteiger partial charge in [0.05, 0.1) is 9.77 Å². The fourth-order valence-corrected chi connectivity index (χ4v) is 6.21. The number of hydrogen-bond donors (Lipinski definition) is 1. The second-order valence-electron chi connectivity index (χ2n) is 6.94. The van der Waals surface area contributed by atoms with E-state index < -0.39 is 0 Å². The van der Waals surface area contributed by atoms with Crippen molar-refractivity contribution in [2.75, 3.05) is 5.32 Å². The second kappa shape index (κ2) is 8.68. The number of aryl methyl sites for hydroxylation is 2. The number of fused-ring (bicyclic) bond motifs is 1. The minimum atomic E-state index is -0.0154. The molecule has 1 aliphatic rings. The average Bonchev–Trinajstić information content (AvgIpc) is 3.08. The van der Waals surface area contributed by atoms with Crippen LogP contribution >= 0.6 is 34.7 Å². The van der Waals surface area contributed by atoms with E-state index in [1.165, 1.54) is 22.4 Å². The predicted octanol–water partition coefficient (Wildman–Crippen LogP) is 6.53. The lowest BCUT2D eigenvalue weighted by atomic mass is 9.95. The summed E-state index contributed by atoms with van der Waals surface area (Å²) in [6, 6.07) is 9.65. The molecule has 4 rings (SSSR count). The van der Waals surface area contributed by atoms with E-state index >= 15 is 0 Å². The summed E-state index contributed by atoms with van der Waals surface area (Å²) in [5.74, 6) is 0.820. The molecule has 144 valence electrons. The molecule has 3 nitrogen and oxygen atoms in total. The minimum Gasteiger partial charge on any atom is -0.322 e. The lowest BCUT2D eigenvalue weighted by molar-refractivity contribution is 0.102. The van der Waals surface area contributed by atoms with Crippen molar-refractivity contribution in [3.8, 4) is 0 Å². The van der Waals surface area contributed by atoms with Gasteiger partial charge in [0.25, 0.3) is 5.91 Å². The van der Waals surface area contributed by atoms with Crippen molar-refractivity contribution >= 4 is 46.3 Å². The standard InChI is InChI=1S/C22H21ClN2OS2/c1-14-12-16(6-7-18(14)23)25-21(26)20-17-4-2-3-5-19(17)28-22(20)27-13-15-8-10-24-11-9-15/h6-12H,2-5,13H2,1H3,(H,25,26). The Kier molecular flexibility index (Phi) is 6.04. The van der Waals surface area contributed by atoms with Crippen molar-refractivity contribution < 1.29 is 4.79 Å². The molecule has 1 N–H and O–H groups in total. The van der Waals surface area contributed by atoms with Crippen LogP contribution in [0.5, 0.6) is 0 Å². The molecule has 1 aromatic carbocycles. The first-order valence-corrected chi connectivity index (χ1v) is 11.5. The van der Waals surface area contributed by atoms with Gasteiger partial charge in [-0.25, -0.2) is 0 Å². The Balaban J connectivity index is 1.61. The van der Waals surface area contributed by atoms with E-state index in [-0.39, 0.29) is 5.91 Å². The molecular weight excluding hydrogens is 408 g/mol. The third-order valence-corrected chi connectivity index (χ3v) is 7.96. The summed E-state index contributed by atoms with van der Waals surface area (Å²) in [7, 11) is 0. The Morgan fingerprint density at radius 1 is 1.21 bits per heavy atom. The van der Waals surface area contributed by atoms with Crippen LogP contribution in [0, 0.1) is 6.92 Å². The third-order valence-electron chi connectivity index (χ3n) is 4.90. The van der Waals surface area contributed by atoms with Gasteiger partial charge in [-0.15, -0.1) is 23.1 Å². The molecule has 0 saturated carbocycles. The first kappa shape index (κ1) is 19.5. The third kappa shape index (κ3) is 4.27. The van der Waals surface area contributed by atoms with Gasteiger partial charge in [0.1, 0.15) is 0 Å². The summed E-state index contributed by atoms with van der Waals surface area (Å²) in [5.41, 5.74) is 5.07. The smallest absolute Gasteiger partial charge is 0.257 e. The van der Waals surface area contributed by atoms with Crippen molar-refractivity contribution in [2.24, 2.45) is 0 Å². The number of thiophene rings is 1. The van der Waals surface area contributed by atoms with Gasteiger partial charge in [-0.1, -0.05) is 11.6 Å². The normalized spacial score (nSPS) is 13.2. The molecule has 2 aromatic heterocycles. The number of hydrogen-bond acceptors (Lipinski definition) is 4. The van der Waals surface area contributed by atoms with Crippen molar-refractivity contribution in [2.45, 2.75) is 42.6 Å². The van der Waals surface area contributed by atoms with Crippen LogP contribution in [0.25, 0.3) is 0 Å². The summed E-state index contributed by atoms with van der Waals surface area (Å²) in [5, 5.41) is 3.79. The van der Waals surface area contributed by atoms with Crippen LogP contribution < -0.4 is 5.32 Å². The van der Waals surface area contributed by atoms with Crippen LogP contribution in [0.2, 0.25) is 5.02 Å². The monoisotopic (exact) mass is 428 g/mol. The zero-order valence-corrected chi connectivity index (χ0v) is 18.0. The van der Waals surface area contributed by atoms with Crippen molar-refractivity contribution in [3.05, 3.63) is 74.9 Å². The molecule has 0 saturated heterocycles.